The average molecular weight is 415 g/mol. The molecule has 0 aromatic carbocycles. The number of halogens is 3. The molecule has 0 unspecified atom stereocenters. The monoisotopic (exact) mass is 415 g/mol. The van der Waals surface area contributed by atoms with E-state index in [1.807, 2.05) is 20.8 Å². The van der Waals surface area contributed by atoms with Crippen LogP contribution in [-0.4, -0.2) is 28.4 Å². The van der Waals surface area contributed by atoms with Gasteiger partial charge < -0.3 is 15.7 Å². The van der Waals surface area contributed by atoms with Crippen molar-refractivity contribution in [3.8, 4) is 5.75 Å². The minimum absolute atomic E-state index is 0.0422. The van der Waals surface area contributed by atoms with E-state index in [0.29, 0.717) is 6.54 Å². The van der Waals surface area contributed by atoms with E-state index in [9.17, 15) is 27.9 Å². The Balaban J connectivity index is 2.12. The predicted octanol–water partition coefficient (Wildman–Crippen LogP) is 4.29. The first kappa shape index (κ1) is 21.7. The second-order valence-corrected chi connectivity index (χ2v) is 8.16. The van der Waals surface area contributed by atoms with Crippen molar-refractivity contribution in [1.29, 1.82) is 0 Å². The Labute approximate surface area is 163 Å². The van der Waals surface area contributed by atoms with Crippen LogP contribution in [0.3, 0.4) is 0 Å². The Bertz CT molecular complexity index is 873. The van der Waals surface area contributed by atoms with Crippen LogP contribution in [0.15, 0.2) is 23.6 Å². The lowest BCUT2D eigenvalue weighted by Gasteiger charge is -2.18. The van der Waals surface area contributed by atoms with Gasteiger partial charge in [-0.05, 0) is 35.4 Å². The summed E-state index contributed by atoms with van der Waals surface area (Å²) in [5.74, 6) is -2.38. The molecule has 0 aliphatic rings. The molecule has 10 heteroatoms. The van der Waals surface area contributed by atoms with Crippen molar-refractivity contribution >= 4 is 28.8 Å². The molecule has 2 amide bonds. The summed E-state index contributed by atoms with van der Waals surface area (Å²) in [5, 5.41) is 16.0. The van der Waals surface area contributed by atoms with Crippen LogP contribution < -0.4 is 10.6 Å². The predicted molar refractivity (Wildman–Crippen MR) is 99.6 cm³/mol. The number of hydrogen-bond donors (Lipinski definition) is 3. The lowest BCUT2D eigenvalue weighted by Crippen LogP contribution is -2.27. The van der Waals surface area contributed by atoms with Crippen molar-refractivity contribution in [2.45, 2.75) is 33.4 Å². The van der Waals surface area contributed by atoms with Crippen LogP contribution in [0.5, 0.6) is 5.75 Å². The Hall–Kier alpha value is -2.62. The number of anilines is 1. The summed E-state index contributed by atoms with van der Waals surface area (Å²) in [6.07, 6.45) is -4.15. The summed E-state index contributed by atoms with van der Waals surface area (Å²) < 4.78 is 38.5. The molecule has 2 aromatic heterocycles. The number of carbonyl (C=O) groups excluding carboxylic acids is 2. The number of nitrogens with zero attached hydrogens (tertiary/aromatic N) is 1. The quantitative estimate of drug-likeness (QED) is 0.680. The third-order valence-corrected chi connectivity index (χ3v) is 4.57. The minimum atomic E-state index is -4.90. The Morgan fingerprint density at radius 2 is 1.82 bits per heavy atom. The molecule has 0 fully saturated rings. The van der Waals surface area contributed by atoms with Crippen LogP contribution >= 0.6 is 11.3 Å². The molecule has 2 rings (SSSR count). The van der Waals surface area contributed by atoms with Crippen LogP contribution in [0.2, 0.25) is 0 Å². The van der Waals surface area contributed by atoms with Crippen molar-refractivity contribution in [2.24, 2.45) is 5.41 Å². The number of aromatic hydroxyl groups is 1. The van der Waals surface area contributed by atoms with Gasteiger partial charge in [0.1, 0.15) is 16.3 Å². The van der Waals surface area contributed by atoms with Gasteiger partial charge in [0.05, 0.1) is 5.69 Å². The van der Waals surface area contributed by atoms with Crippen LogP contribution in [0.4, 0.5) is 18.9 Å². The fourth-order valence-corrected chi connectivity index (χ4v) is 2.95. The fraction of sp³-hybridized carbons (Fsp3) is 0.389. The first-order valence-electron chi connectivity index (χ1n) is 8.33. The highest BCUT2D eigenvalue weighted by atomic mass is 32.1. The van der Waals surface area contributed by atoms with E-state index in [1.165, 1.54) is 6.07 Å². The number of rotatable bonds is 5. The third-order valence-electron chi connectivity index (χ3n) is 3.66. The number of amides is 2. The maximum absolute atomic E-state index is 12.8. The fourth-order valence-electron chi connectivity index (χ4n) is 2.19. The van der Waals surface area contributed by atoms with Gasteiger partial charge in [0.25, 0.3) is 11.8 Å². The van der Waals surface area contributed by atoms with Crippen LogP contribution in [0.25, 0.3) is 0 Å². The van der Waals surface area contributed by atoms with E-state index in [1.54, 1.807) is 5.38 Å². The second kappa shape index (κ2) is 8.17. The molecule has 0 atom stereocenters. The summed E-state index contributed by atoms with van der Waals surface area (Å²) in [6.45, 7) is 6.56. The van der Waals surface area contributed by atoms with Crippen molar-refractivity contribution in [3.05, 3.63) is 39.8 Å². The molecule has 152 valence electrons. The highest BCUT2D eigenvalue weighted by Gasteiger charge is 2.36. The Morgan fingerprint density at radius 3 is 2.43 bits per heavy atom. The summed E-state index contributed by atoms with van der Waals surface area (Å²) >= 11 is 1.10. The van der Waals surface area contributed by atoms with Gasteiger partial charge in [-0.2, -0.15) is 13.2 Å². The molecule has 28 heavy (non-hydrogen) atoms. The van der Waals surface area contributed by atoms with Crippen molar-refractivity contribution in [3.63, 3.8) is 0 Å². The molecule has 6 nitrogen and oxygen atoms in total. The van der Waals surface area contributed by atoms with Gasteiger partial charge in [-0.3, -0.25) is 9.59 Å². The van der Waals surface area contributed by atoms with E-state index >= 15 is 0 Å². The minimum Gasteiger partial charge on any atom is -0.506 e. The Kier molecular flexibility index (Phi) is 6.33. The van der Waals surface area contributed by atoms with E-state index in [-0.39, 0.29) is 21.9 Å². The maximum Gasteiger partial charge on any atom is 0.437 e. The first-order valence-corrected chi connectivity index (χ1v) is 9.21. The normalized spacial score (nSPS) is 11.9. The molecule has 0 saturated heterocycles. The van der Waals surface area contributed by atoms with Crippen LogP contribution in [-0.2, 0) is 6.18 Å². The van der Waals surface area contributed by atoms with Crippen molar-refractivity contribution in [1.82, 2.24) is 10.3 Å². The first-order chi connectivity index (χ1) is 12.9. The molecule has 0 spiro atoms. The smallest absolute Gasteiger partial charge is 0.437 e. The maximum atomic E-state index is 12.8. The third kappa shape index (κ3) is 5.69. The van der Waals surface area contributed by atoms with Gasteiger partial charge in [-0.15, -0.1) is 11.3 Å². The topological polar surface area (TPSA) is 91.3 Å². The highest BCUT2D eigenvalue weighted by molar-refractivity contribution is 7.12. The largest absolute Gasteiger partial charge is 0.506 e. The van der Waals surface area contributed by atoms with E-state index in [2.05, 4.69) is 15.6 Å². The summed E-state index contributed by atoms with van der Waals surface area (Å²) in [5.41, 5.74) is -1.87. The second-order valence-electron chi connectivity index (χ2n) is 7.25. The zero-order chi connectivity index (χ0) is 21.1. The molecule has 0 radical (unpaired) electrons. The molecular formula is C18H20F3N3O3S. The molecule has 2 aromatic rings. The van der Waals surface area contributed by atoms with Gasteiger partial charge in [0.2, 0.25) is 0 Å². The molecule has 0 saturated carbocycles. The number of aromatic nitrogens is 1. The number of alkyl halides is 3. The van der Waals surface area contributed by atoms with E-state index in [4.69, 9.17) is 0 Å². The SMILES string of the molecule is CC(C)(C)CCNC(=O)c1sccc1NC(=O)c1ccc(O)c(C(F)(F)F)n1. The number of nitrogens with one attached hydrogen (secondary N) is 2. The number of carbonyl (C=O) groups is 2. The van der Waals surface area contributed by atoms with Gasteiger partial charge in [-0.1, -0.05) is 20.8 Å². The molecular weight excluding hydrogens is 395 g/mol. The lowest BCUT2D eigenvalue weighted by molar-refractivity contribution is -0.142. The van der Waals surface area contributed by atoms with E-state index in [0.717, 1.165) is 29.9 Å². The van der Waals surface area contributed by atoms with Gasteiger partial charge in [0, 0.05) is 6.54 Å². The summed E-state index contributed by atoms with van der Waals surface area (Å²) in [4.78, 5) is 28.0. The van der Waals surface area contributed by atoms with Gasteiger partial charge >= 0.3 is 6.18 Å². The van der Waals surface area contributed by atoms with Crippen molar-refractivity contribution < 1.29 is 27.9 Å². The highest BCUT2D eigenvalue weighted by Crippen LogP contribution is 2.34. The summed E-state index contributed by atoms with van der Waals surface area (Å²) in [7, 11) is 0. The Morgan fingerprint density at radius 1 is 1.14 bits per heavy atom. The standard InChI is InChI=1S/C18H20F3N3O3S/c1-17(2,3)7-8-22-16(27)13-10(6-9-28-13)24-15(26)11-4-5-12(25)14(23-11)18(19,20)21/h4-6,9,25H,7-8H2,1-3H3,(H,22,27)(H,24,26). The molecule has 0 aliphatic carbocycles. The molecule has 0 aliphatic heterocycles. The van der Waals surface area contributed by atoms with Crippen molar-refractivity contribution in [2.75, 3.05) is 11.9 Å². The average Bonchev–Trinajstić information content (AvgIpc) is 3.01. The molecule has 3 N–H and O–H groups in total. The summed E-state index contributed by atoms with van der Waals surface area (Å²) in [6, 6.07) is 3.19. The zero-order valence-electron chi connectivity index (χ0n) is 15.5. The van der Waals surface area contributed by atoms with Crippen LogP contribution in [0, 0.1) is 5.41 Å². The molecule has 2 heterocycles. The van der Waals surface area contributed by atoms with E-state index < -0.39 is 29.2 Å². The lowest BCUT2D eigenvalue weighted by atomic mass is 9.92. The number of thiophene rings is 1. The van der Waals surface area contributed by atoms with Crippen LogP contribution in [0.1, 0.15) is 53.0 Å². The number of pyridine rings is 1. The van der Waals surface area contributed by atoms with Gasteiger partial charge in [0.15, 0.2) is 5.69 Å². The molecule has 0 bridgehead atoms. The van der Waals surface area contributed by atoms with Gasteiger partial charge in [-0.25, -0.2) is 4.98 Å². The number of hydrogen-bond acceptors (Lipinski definition) is 5. The zero-order valence-corrected chi connectivity index (χ0v) is 16.3.